The first-order valence-electron chi connectivity index (χ1n) is 7.33. The molecule has 0 unspecified atom stereocenters. The summed E-state index contributed by atoms with van der Waals surface area (Å²) < 4.78 is 4.95. The van der Waals surface area contributed by atoms with Crippen molar-refractivity contribution in [3.63, 3.8) is 0 Å². The van der Waals surface area contributed by atoms with E-state index in [9.17, 15) is 14.4 Å². The number of H-pyrrole nitrogens is 1. The normalized spacial score (nSPS) is 11.7. The lowest BCUT2D eigenvalue weighted by molar-refractivity contribution is -0.130. The maximum Gasteiger partial charge on any atom is 0.355 e. The van der Waals surface area contributed by atoms with Gasteiger partial charge in [-0.25, -0.2) is 4.79 Å². The number of hydrogen-bond acceptors (Lipinski definition) is 4. The first kappa shape index (κ1) is 16.5. The van der Waals surface area contributed by atoms with Gasteiger partial charge in [-0.1, -0.05) is 18.2 Å². The molecule has 1 atom stereocenters. The van der Waals surface area contributed by atoms with E-state index in [1.165, 1.54) is 0 Å². The van der Waals surface area contributed by atoms with E-state index in [4.69, 9.17) is 4.74 Å². The molecule has 3 N–H and O–H groups in total. The third kappa shape index (κ3) is 4.32. The van der Waals surface area contributed by atoms with Crippen LogP contribution in [-0.2, 0) is 14.3 Å². The van der Waals surface area contributed by atoms with E-state index in [1.807, 2.05) is 24.3 Å². The number of likely N-dealkylation sites (N-methyl/N-ethyl adjacent to an activating group) is 1. The van der Waals surface area contributed by atoms with Gasteiger partial charge in [0, 0.05) is 17.4 Å². The predicted molar refractivity (Wildman–Crippen MR) is 84.9 cm³/mol. The number of para-hydroxylation sites is 1. The smallest absolute Gasteiger partial charge is 0.355 e. The van der Waals surface area contributed by atoms with Crippen LogP contribution in [0, 0.1) is 0 Å². The van der Waals surface area contributed by atoms with Crippen molar-refractivity contribution in [1.82, 2.24) is 15.6 Å². The standard InChI is InChI=1S/C16H19N3O4/c1-3-17-15(21)10(2)18-14(20)9-23-16(22)13-8-11-6-4-5-7-12(11)19-13/h4-8,10,19H,3,9H2,1-2H3,(H,17,21)(H,18,20)/t10-/m1/s1. The highest BCUT2D eigenvalue weighted by atomic mass is 16.5. The van der Waals surface area contributed by atoms with Gasteiger partial charge in [0.05, 0.1) is 0 Å². The third-order valence-corrected chi connectivity index (χ3v) is 3.21. The molecule has 0 radical (unpaired) electrons. The van der Waals surface area contributed by atoms with Crippen LogP contribution in [0.3, 0.4) is 0 Å². The zero-order valence-electron chi connectivity index (χ0n) is 13.0. The Hall–Kier alpha value is -2.83. The van der Waals surface area contributed by atoms with Gasteiger partial charge in [0.25, 0.3) is 5.91 Å². The molecule has 0 aliphatic heterocycles. The van der Waals surface area contributed by atoms with Crippen LogP contribution in [0.4, 0.5) is 0 Å². The van der Waals surface area contributed by atoms with Crippen LogP contribution < -0.4 is 10.6 Å². The molecule has 0 fully saturated rings. The zero-order valence-corrected chi connectivity index (χ0v) is 13.0. The van der Waals surface area contributed by atoms with Gasteiger partial charge >= 0.3 is 5.97 Å². The molecule has 0 spiro atoms. The van der Waals surface area contributed by atoms with Crippen LogP contribution in [0.25, 0.3) is 10.9 Å². The summed E-state index contributed by atoms with van der Waals surface area (Å²) in [5, 5.41) is 5.93. The molecular formula is C16H19N3O4. The van der Waals surface area contributed by atoms with E-state index in [0.29, 0.717) is 6.54 Å². The Kier molecular flexibility index (Phi) is 5.35. The molecule has 7 heteroatoms. The summed E-state index contributed by atoms with van der Waals surface area (Å²) in [6, 6.07) is 8.39. The number of aromatic nitrogens is 1. The molecule has 2 aromatic rings. The number of aromatic amines is 1. The molecule has 0 bridgehead atoms. The van der Waals surface area contributed by atoms with Crippen LogP contribution in [0.5, 0.6) is 0 Å². The molecule has 7 nitrogen and oxygen atoms in total. The number of nitrogens with one attached hydrogen (secondary N) is 3. The second-order valence-corrected chi connectivity index (χ2v) is 5.03. The summed E-state index contributed by atoms with van der Waals surface area (Å²) in [7, 11) is 0. The molecule has 2 amide bonds. The van der Waals surface area contributed by atoms with Gasteiger partial charge in [-0.05, 0) is 26.0 Å². The van der Waals surface area contributed by atoms with Gasteiger partial charge < -0.3 is 20.4 Å². The van der Waals surface area contributed by atoms with Gasteiger partial charge in [-0.3, -0.25) is 9.59 Å². The molecule has 0 aliphatic rings. The van der Waals surface area contributed by atoms with Crippen LogP contribution in [-0.4, -0.2) is 42.0 Å². The average Bonchev–Trinajstić information content (AvgIpc) is 2.96. The fourth-order valence-electron chi connectivity index (χ4n) is 2.07. The minimum Gasteiger partial charge on any atom is -0.451 e. The lowest BCUT2D eigenvalue weighted by Crippen LogP contribution is -2.46. The summed E-state index contributed by atoms with van der Waals surface area (Å²) >= 11 is 0. The zero-order chi connectivity index (χ0) is 16.8. The summed E-state index contributed by atoms with van der Waals surface area (Å²) in [5.74, 6) is -1.45. The highest BCUT2D eigenvalue weighted by Gasteiger charge is 2.17. The first-order valence-corrected chi connectivity index (χ1v) is 7.33. The van der Waals surface area contributed by atoms with E-state index >= 15 is 0 Å². The van der Waals surface area contributed by atoms with Crippen molar-refractivity contribution in [3.05, 3.63) is 36.0 Å². The van der Waals surface area contributed by atoms with E-state index < -0.39 is 24.5 Å². The number of carbonyl (C=O) groups is 3. The van der Waals surface area contributed by atoms with Gasteiger partial charge in [0.15, 0.2) is 6.61 Å². The highest BCUT2D eigenvalue weighted by molar-refractivity contribution is 5.96. The Labute approximate surface area is 133 Å². The Balaban J connectivity index is 1.86. The van der Waals surface area contributed by atoms with Crippen molar-refractivity contribution in [3.8, 4) is 0 Å². The fourth-order valence-corrected chi connectivity index (χ4v) is 2.07. The molecule has 23 heavy (non-hydrogen) atoms. The van der Waals surface area contributed by atoms with E-state index in [0.717, 1.165) is 10.9 Å². The molecular weight excluding hydrogens is 298 g/mol. The van der Waals surface area contributed by atoms with Crippen molar-refractivity contribution >= 4 is 28.7 Å². The third-order valence-electron chi connectivity index (χ3n) is 3.21. The van der Waals surface area contributed by atoms with Crippen molar-refractivity contribution in [2.24, 2.45) is 0 Å². The second kappa shape index (κ2) is 7.44. The minimum atomic E-state index is -0.686. The van der Waals surface area contributed by atoms with Gasteiger partial charge in [-0.2, -0.15) is 0 Å². The van der Waals surface area contributed by atoms with Gasteiger partial charge in [-0.15, -0.1) is 0 Å². The van der Waals surface area contributed by atoms with Crippen molar-refractivity contribution in [1.29, 1.82) is 0 Å². The van der Waals surface area contributed by atoms with E-state index in [2.05, 4.69) is 15.6 Å². The lowest BCUT2D eigenvalue weighted by atomic mass is 10.2. The number of hydrogen-bond donors (Lipinski definition) is 3. The van der Waals surface area contributed by atoms with Crippen LogP contribution >= 0.6 is 0 Å². The minimum absolute atomic E-state index is 0.274. The van der Waals surface area contributed by atoms with Crippen molar-refractivity contribution in [2.75, 3.05) is 13.2 Å². The number of carbonyl (C=O) groups excluding carboxylic acids is 3. The monoisotopic (exact) mass is 317 g/mol. The maximum atomic E-state index is 11.9. The molecule has 122 valence electrons. The molecule has 2 rings (SSSR count). The Morgan fingerprint density at radius 1 is 1.26 bits per heavy atom. The summed E-state index contributed by atoms with van der Waals surface area (Å²) in [5.41, 5.74) is 1.09. The second-order valence-electron chi connectivity index (χ2n) is 5.03. The number of benzene rings is 1. The van der Waals surface area contributed by atoms with Gasteiger partial charge in [0.2, 0.25) is 5.91 Å². The molecule has 0 aliphatic carbocycles. The molecule has 1 heterocycles. The topological polar surface area (TPSA) is 100 Å². The van der Waals surface area contributed by atoms with Crippen LogP contribution in [0.2, 0.25) is 0 Å². The van der Waals surface area contributed by atoms with Crippen molar-refractivity contribution < 1.29 is 19.1 Å². The predicted octanol–water partition coefficient (Wildman–Crippen LogP) is 0.965. The molecule has 0 saturated carbocycles. The average molecular weight is 317 g/mol. The molecule has 0 saturated heterocycles. The summed E-state index contributed by atoms with van der Waals surface area (Å²) in [4.78, 5) is 38.0. The number of amides is 2. The molecule has 1 aromatic heterocycles. The van der Waals surface area contributed by atoms with E-state index in [-0.39, 0.29) is 11.6 Å². The molecule has 1 aromatic carbocycles. The summed E-state index contributed by atoms with van der Waals surface area (Å²) in [6.45, 7) is 3.38. The van der Waals surface area contributed by atoms with Crippen LogP contribution in [0.1, 0.15) is 24.3 Å². The van der Waals surface area contributed by atoms with Gasteiger partial charge in [0.1, 0.15) is 11.7 Å². The quantitative estimate of drug-likeness (QED) is 0.691. The number of rotatable bonds is 6. The Bertz CT molecular complexity index is 690. The van der Waals surface area contributed by atoms with Crippen molar-refractivity contribution in [2.45, 2.75) is 19.9 Å². The first-order chi connectivity index (χ1) is 11.0. The number of fused-ring (bicyclic) bond motifs is 1. The Morgan fingerprint density at radius 3 is 2.70 bits per heavy atom. The largest absolute Gasteiger partial charge is 0.451 e. The van der Waals surface area contributed by atoms with E-state index in [1.54, 1.807) is 19.9 Å². The lowest BCUT2D eigenvalue weighted by Gasteiger charge is -2.13. The fraction of sp³-hybridized carbons (Fsp3) is 0.312. The van der Waals surface area contributed by atoms with Crippen LogP contribution in [0.15, 0.2) is 30.3 Å². The SMILES string of the molecule is CCNC(=O)[C@@H](C)NC(=O)COC(=O)c1cc2ccccc2[nH]1. The maximum absolute atomic E-state index is 11.9. The number of esters is 1. The highest BCUT2D eigenvalue weighted by Crippen LogP contribution is 2.15. The Morgan fingerprint density at radius 2 is 2.00 bits per heavy atom. The number of ether oxygens (including phenoxy) is 1. The summed E-state index contributed by atoms with van der Waals surface area (Å²) in [6.07, 6.45) is 0.